The van der Waals surface area contributed by atoms with E-state index in [1.165, 1.54) is 11.3 Å². The van der Waals surface area contributed by atoms with E-state index in [-0.39, 0.29) is 5.97 Å². The van der Waals surface area contributed by atoms with Crippen molar-refractivity contribution < 1.29 is 9.53 Å². The molecule has 2 aromatic heterocycles. The number of hydrogen-bond acceptors (Lipinski definition) is 6. The number of nitrogens with zero attached hydrogens (tertiary/aromatic N) is 3. The van der Waals surface area contributed by atoms with E-state index in [9.17, 15) is 4.79 Å². The van der Waals surface area contributed by atoms with Crippen LogP contribution in [0.15, 0.2) is 24.3 Å². The molecule has 0 atom stereocenters. The molecule has 0 fully saturated rings. The quantitative estimate of drug-likeness (QED) is 0.588. The van der Waals surface area contributed by atoms with Crippen LogP contribution in [0.3, 0.4) is 0 Å². The number of carbonyl (C=O) groups is 1. The van der Waals surface area contributed by atoms with E-state index < -0.39 is 0 Å². The van der Waals surface area contributed by atoms with E-state index in [4.69, 9.17) is 16.3 Å². The summed E-state index contributed by atoms with van der Waals surface area (Å²) < 4.78 is 5.17. The summed E-state index contributed by atoms with van der Waals surface area (Å²) in [6.07, 6.45) is 0. The zero-order valence-corrected chi connectivity index (χ0v) is 16.7. The van der Waals surface area contributed by atoms with Crippen molar-refractivity contribution in [3.05, 3.63) is 51.1 Å². The van der Waals surface area contributed by atoms with E-state index in [2.05, 4.69) is 9.97 Å². The van der Waals surface area contributed by atoms with Gasteiger partial charge in [0.15, 0.2) is 0 Å². The third kappa shape index (κ3) is 3.52. The highest BCUT2D eigenvalue weighted by Gasteiger charge is 2.22. The third-order valence-corrected chi connectivity index (χ3v) is 5.61. The van der Waals surface area contributed by atoms with Crippen LogP contribution in [0, 0.1) is 13.8 Å². The summed E-state index contributed by atoms with van der Waals surface area (Å²) >= 11 is 7.65. The fourth-order valence-electron chi connectivity index (χ4n) is 2.85. The molecule has 3 aromatic rings. The molecular formula is C19H20ClN3O2S. The molecule has 0 unspecified atom stereocenters. The van der Waals surface area contributed by atoms with Gasteiger partial charge in [0.25, 0.3) is 0 Å². The molecule has 0 amide bonds. The van der Waals surface area contributed by atoms with Crippen LogP contribution in [-0.4, -0.2) is 29.6 Å². The summed E-state index contributed by atoms with van der Waals surface area (Å²) in [5.41, 5.74) is 1.86. The smallest absolute Gasteiger partial charge is 0.348 e. The molecule has 1 aromatic carbocycles. The fourth-order valence-corrected chi connectivity index (χ4v) is 4.16. The number of fused-ring (bicyclic) bond motifs is 1. The predicted octanol–water partition coefficient (Wildman–Crippen LogP) is 4.77. The first-order chi connectivity index (χ1) is 12.4. The number of esters is 1. The second-order valence-corrected chi connectivity index (χ2v) is 7.40. The van der Waals surface area contributed by atoms with Crippen molar-refractivity contribution in [1.29, 1.82) is 0 Å². The number of hydrogen-bond donors (Lipinski definition) is 0. The summed E-state index contributed by atoms with van der Waals surface area (Å²) in [7, 11) is 1.96. The zero-order valence-electron chi connectivity index (χ0n) is 15.2. The lowest BCUT2D eigenvalue weighted by molar-refractivity contribution is 0.0531. The molecule has 2 heterocycles. The van der Waals surface area contributed by atoms with Gasteiger partial charge in [0.1, 0.15) is 21.3 Å². The molecule has 3 rings (SSSR count). The number of carbonyl (C=O) groups excluding carboxylic acids is 1. The number of thiophene rings is 1. The Morgan fingerprint density at radius 2 is 2.00 bits per heavy atom. The van der Waals surface area contributed by atoms with Gasteiger partial charge in [-0.3, -0.25) is 0 Å². The Morgan fingerprint density at radius 3 is 2.69 bits per heavy atom. The molecule has 0 saturated heterocycles. The summed E-state index contributed by atoms with van der Waals surface area (Å²) in [6.45, 7) is 6.51. The molecule has 0 N–H and O–H groups in total. The first-order valence-electron chi connectivity index (χ1n) is 8.31. The second kappa shape index (κ2) is 7.60. The largest absolute Gasteiger partial charge is 0.462 e. The molecule has 5 nitrogen and oxygen atoms in total. The lowest BCUT2D eigenvalue weighted by Crippen LogP contribution is -2.19. The summed E-state index contributed by atoms with van der Waals surface area (Å²) in [4.78, 5) is 24.8. The van der Waals surface area contributed by atoms with Crippen molar-refractivity contribution >= 4 is 44.9 Å². The lowest BCUT2D eigenvalue weighted by Gasteiger charge is -2.20. The highest BCUT2D eigenvalue weighted by molar-refractivity contribution is 7.20. The Bertz CT molecular complexity index is 971. The number of aromatic nitrogens is 2. The normalized spacial score (nSPS) is 11.0. The van der Waals surface area contributed by atoms with E-state index in [0.29, 0.717) is 23.9 Å². The first kappa shape index (κ1) is 18.6. The monoisotopic (exact) mass is 389 g/mol. The molecule has 26 heavy (non-hydrogen) atoms. The Morgan fingerprint density at radius 1 is 1.27 bits per heavy atom. The van der Waals surface area contributed by atoms with Crippen LogP contribution in [-0.2, 0) is 11.3 Å². The first-order valence-corrected chi connectivity index (χ1v) is 9.51. The Kier molecular flexibility index (Phi) is 5.44. The average molecular weight is 390 g/mol. The van der Waals surface area contributed by atoms with Crippen molar-refractivity contribution in [2.24, 2.45) is 0 Å². The van der Waals surface area contributed by atoms with Crippen LogP contribution in [0.5, 0.6) is 0 Å². The summed E-state index contributed by atoms with van der Waals surface area (Å²) in [5.74, 6) is 1.14. The van der Waals surface area contributed by atoms with Gasteiger partial charge >= 0.3 is 5.97 Å². The van der Waals surface area contributed by atoms with Crippen LogP contribution in [0.2, 0.25) is 5.02 Å². The Balaban J connectivity index is 2.07. The highest BCUT2D eigenvalue weighted by atomic mass is 35.5. The van der Waals surface area contributed by atoms with E-state index in [0.717, 1.165) is 32.2 Å². The maximum absolute atomic E-state index is 12.2. The van der Waals surface area contributed by atoms with Crippen molar-refractivity contribution in [3.8, 4) is 0 Å². The molecule has 0 aliphatic carbocycles. The molecule has 7 heteroatoms. The van der Waals surface area contributed by atoms with Gasteiger partial charge in [-0.25, -0.2) is 14.8 Å². The molecule has 0 saturated carbocycles. The van der Waals surface area contributed by atoms with Crippen LogP contribution in [0.25, 0.3) is 10.2 Å². The van der Waals surface area contributed by atoms with E-state index >= 15 is 0 Å². The van der Waals surface area contributed by atoms with Crippen molar-refractivity contribution in [2.45, 2.75) is 27.3 Å². The van der Waals surface area contributed by atoms with Crippen LogP contribution in [0.4, 0.5) is 5.82 Å². The van der Waals surface area contributed by atoms with Crippen LogP contribution >= 0.6 is 22.9 Å². The minimum Gasteiger partial charge on any atom is -0.462 e. The number of halogens is 1. The van der Waals surface area contributed by atoms with Crippen molar-refractivity contribution in [2.75, 3.05) is 18.6 Å². The van der Waals surface area contributed by atoms with Crippen LogP contribution in [0.1, 0.15) is 33.5 Å². The second-order valence-electron chi connectivity index (χ2n) is 6.00. The van der Waals surface area contributed by atoms with E-state index in [1.807, 2.05) is 50.1 Å². The lowest BCUT2D eigenvalue weighted by atomic mass is 10.1. The van der Waals surface area contributed by atoms with Crippen molar-refractivity contribution in [3.63, 3.8) is 0 Å². The number of benzene rings is 1. The number of anilines is 1. The minimum absolute atomic E-state index is 0.314. The third-order valence-electron chi connectivity index (χ3n) is 4.07. The van der Waals surface area contributed by atoms with Gasteiger partial charge in [-0.15, -0.1) is 11.3 Å². The van der Waals surface area contributed by atoms with Gasteiger partial charge in [-0.1, -0.05) is 29.8 Å². The molecule has 0 spiro atoms. The molecular weight excluding hydrogens is 370 g/mol. The van der Waals surface area contributed by atoms with Gasteiger partial charge in [0.2, 0.25) is 0 Å². The number of rotatable bonds is 5. The fraction of sp³-hybridized carbons (Fsp3) is 0.316. The molecule has 0 aliphatic heterocycles. The topological polar surface area (TPSA) is 55.3 Å². The van der Waals surface area contributed by atoms with Gasteiger partial charge in [-0.05, 0) is 38.0 Å². The van der Waals surface area contributed by atoms with Crippen molar-refractivity contribution in [1.82, 2.24) is 9.97 Å². The molecule has 136 valence electrons. The Hall–Kier alpha value is -2.18. The standard InChI is InChI=1S/C19H20ClN3O2S/c1-5-25-19(24)16-11(2)15-17(21-12(3)22-18(15)26-16)23(4)10-13-8-6-7-9-14(13)20/h6-9H,5,10H2,1-4H3. The summed E-state index contributed by atoms with van der Waals surface area (Å²) in [6, 6.07) is 7.74. The molecule has 0 aliphatic rings. The van der Waals surface area contributed by atoms with Gasteiger partial charge in [-0.2, -0.15) is 0 Å². The molecule has 0 radical (unpaired) electrons. The summed E-state index contributed by atoms with van der Waals surface area (Å²) in [5, 5.41) is 1.61. The van der Waals surface area contributed by atoms with Gasteiger partial charge in [0, 0.05) is 18.6 Å². The number of ether oxygens (including phenoxy) is 1. The molecule has 0 bridgehead atoms. The average Bonchev–Trinajstić information content (AvgIpc) is 2.93. The minimum atomic E-state index is -0.314. The predicted molar refractivity (Wildman–Crippen MR) is 106 cm³/mol. The Labute approximate surface area is 161 Å². The van der Waals surface area contributed by atoms with Gasteiger partial charge < -0.3 is 9.64 Å². The maximum Gasteiger partial charge on any atom is 0.348 e. The van der Waals surface area contributed by atoms with Gasteiger partial charge in [0.05, 0.1) is 12.0 Å². The van der Waals surface area contributed by atoms with E-state index in [1.54, 1.807) is 6.92 Å². The zero-order chi connectivity index (χ0) is 18.8. The SMILES string of the molecule is CCOC(=O)c1sc2nc(C)nc(N(C)Cc3ccccc3Cl)c2c1C. The van der Waals surface area contributed by atoms with Crippen LogP contribution < -0.4 is 4.90 Å². The highest BCUT2D eigenvalue weighted by Crippen LogP contribution is 2.36. The number of aryl methyl sites for hydroxylation is 2. The maximum atomic E-state index is 12.2.